The SMILES string of the molecule is CCc1nnc(-c2csc(S(=O)(=O)N3CC=C(c4ccccc4)CC3)c2)o1. The van der Waals surface area contributed by atoms with Crippen LogP contribution >= 0.6 is 11.3 Å². The number of hydrogen-bond donors (Lipinski definition) is 0. The van der Waals surface area contributed by atoms with E-state index in [9.17, 15) is 8.42 Å². The van der Waals surface area contributed by atoms with Gasteiger partial charge in [-0.15, -0.1) is 21.5 Å². The van der Waals surface area contributed by atoms with E-state index in [2.05, 4.69) is 22.3 Å². The van der Waals surface area contributed by atoms with Gasteiger partial charge in [-0.05, 0) is 23.6 Å². The van der Waals surface area contributed by atoms with E-state index < -0.39 is 10.0 Å². The molecule has 27 heavy (non-hydrogen) atoms. The van der Waals surface area contributed by atoms with Crippen molar-refractivity contribution in [3.05, 3.63) is 59.3 Å². The Morgan fingerprint density at radius 2 is 2.00 bits per heavy atom. The highest BCUT2D eigenvalue weighted by Crippen LogP contribution is 2.32. The summed E-state index contributed by atoms with van der Waals surface area (Å²) in [6.07, 6.45) is 3.34. The van der Waals surface area contributed by atoms with Gasteiger partial charge >= 0.3 is 0 Å². The van der Waals surface area contributed by atoms with Gasteiger partial charge in [0.25, 0.3) is 10.0 Å². The van der Waals surface area contributed by atoms with Crippen LogP contribution in [0.4, 0.5) is 0 Å². The van der Waals surface area contributed by atoms with Gasteiger partial charge in [0.2, 0.25) is 11.8 Å². The van der Waals surface area contributed by atoms with E-state index in [0.717, 1.165) is 5.56 Å². The van der Waals surface area contributed by atoms with Gasteiger partial charge in [0, 0.05) is 24.9 Å². The summed E-state index contributed by atoms with van der Waals surface area (Å²) in [6.45, 7) is 2.77. The molecule has 0 bridgehead atoms. The predicted molar refractivity (Wildman–Crippen MR) is 105 cm³/mol. The summed E-state index contributed by atoms with van der Waals surface area (Å²) in [5, 5.41) is 9.66. The topological polar surface area (TPSA) is 76.3 Å². The summed E-state index contributed by atoms with van der Waals surface area (Å²) in [5.74, 6) is 0.893. The molecule has 1 aliphatic heterocycles. The minimum absolute atomic E-state index is 0.297. The first-order chi connectivity index (χ1) is 13.1. The lowest BCUT2D eigenvalue weighted by Crippen LogP contribution is -2.34. The fourth-order valence-corrected chi connectivity index (χ4v) is 5.67. The first kappa shape index (κ1) is 18.1. The summed E-state index contributed by atoms with van der Waals surface area (Å²) in [5.41, 5.74) is 2.98. The van der Waals surface area contributed by atoms with Crippen molar-refractivity contribution in [2.24, 2.45) is 0 Å². The van der Waals surface area contributed by atoms with E-state index in [4.69, 9.17) is 4.42 Å². The molecule has 0 unspecified atom stereocenters. The number of hydrogen-bond acceptors (Lipinski definition) is 6. The van der Waals surface area contributed by atoms with Gasteiger partial charge in [-0.2, -0.15) is 4.31 Å². The molecular formula is C19H19N3O3S2. The quantitative estimate of drug-likeness (QED) is 0.649. The zero-order valence-corrected chi connectivity index (χ0v) is 16.5. The monoisotopic (exact) mass is 401 g/mol. The molecule has 0 N–H and O–H groups in total. The van der Waals surface area contributed by atoms with Gasteiger partial charge in [0.15, 0.2) is 0 Å². The third-order valence-corrected chi connectivity index (χ3v) is 7.78. The highest BCUT2D eigenvalue weighted by atomic mass is 32.2. The van der Waals surface area contributed by atoms with Crippen LogP contribution in [-0.2, 0) is 16.4 Å². The summed E-state index contributed by atoms with van der Waals surface area (Å²) >= 11 is 1.18. The van der Waals surface area contributed by atoms with Crippen molar-refractivity contribution in [2.45, 2.75) is 24.0 Å². The molecule has 0 saturated carbocycles. The zero-order chi connectivity index (χ0) is 18.9. The maximum atomic E-state index is 13.0. The molecule has 0 saturated heterocycles. The van der Waals surface area contributed by atoms with Gasteiger partial charge in [-0.3, -0.25) is 0 Å². The molecule has 2 aromatic heterocycles. The summed E-state index contributed by atoms with van der Waals surface area (Å²) in [7, 11) is -3.54. The van der Waals surface area contributed by atoms with Gasteiger partial charge in [0.05, 0.1) is 5.56 Å². The number of sulfonamides is 1. The largest absolute Gasteiger partial charge is 0.421 e. The smallest absolute Gasteiger partial charge is 0.252 e. The minimum atomic E-state index is -3.54. The van der Waals surface area contributed by atoms with Crippen molar-refractivity contribution < 1.29 is 12.8 Å². The van der Waals surface area contributed by atoms with Crippen LogP contribution < -0.4 is 0 Å². The second kappa shape index (κ2) is 7.38. The van der Waals surface area contributed by atoms with E-state index in [1.165, 1.54) is 21.2 Å². The molecule has 0 radical (unpaired) electrons. The van der Waals surface area contributed by atoms with Gasteiger partial charge in [-0.25, -0.2) is 8.42 Å². The molecule has 0 amide bonds. The van der Waals surface area contributed by atoms with Crippen molar-refractivity contribution in [2.75, 3.05) is 13.1 Å². The van der Waals surface area contributed by atoms with Crippen molar-refractivity contribution >= 4 is 26.9 Å². The lowest BCUT2D eigenvalue weighted by atomic mass is 10.0. The molecule has 8 heteroatoms. The summed E-state index contributed by atoms with van der Waals surface area (Å²) < 4.78 is 33.3. The molecule has 0 spiro atoms. The van der Waals surface area contributed by atoms with E-state index in [1.807, 2.05) is 31.2 Å². The van der Waals surface area contributed by atoms with Crippen LogP contribution in [0.3, 0.4) is 0 Å². The minimum Gasteiger partial charge on any atom is -0.421 e. The second-order valence-electron chi connectivity index (χ2n) is 6.22. The third-order valence-electron chi connectivity index (χ3n) is 4.50. The highest BCUT2D eigenvalue weighted by molar-refractivity contribution is 7.91. The first-order valence-electron chi connectivity index (χ1n) is 8.74. The molecule has 0 atom stereocenters. The molecule has 0 fully saturated rings. The van der Waals surface area contributed by atoms with Crippen LogP contribution in [0.15, 0.2) is 56.5 Å². The molecule has 4 rings (SSSR count). The number of aryl methyl sites for hydroxylation is 1. The van der Waals surface area contributed by atoms with Gasteiger partial charge in [-0.1, -0.05) is 43.3 Å². The number of nitrogens with zero attached hydrogens (tertiary/aromatic N) is 3. The fourth-order valence-electron chi connectivity index (χ4n) is 2.99. The average molecular weight is 402 g/mol. The Morgan fingerprint density at radius 3 is 2.67 bits per heavy atom. The predicted octanol–water partition coefficient (Wildman–Crippen LogP) is 3.84. The Balaban J connectivity index is 1.53. The van der Waals surface area contributed by atoms with Crippen molar-refractivity contribution in [1.82, 2.24) is 14.5 Å². The Kier molecular flexibility index (Phi) is 4.94. The zero-order valence-electron chi connectivity index (χ0n) is 14.8. The number of benzene rings is 1. The highest BCUT2D eigenvalue weighted by Gasteiger charge is 2.28. The average Bonchev–Trinajstić information content (AvgIpc) is 3.38. The Bertz CT molecular complexity index is 1070. The fraction of sp³-hybridized carbons (Fsp3) is 0.263. The van der Waals surface area contributed by atoms with Crippen LogP contribution in [0.1, 0.15) is 24.8 Å². The summed E-state index contributed by atoms with van der Waals surface area (Å²) in [6, 6.07) is 11.7. The molecular weight excluding hydrogens is 382 g/mol. The first-order valence-corrected chi connectivity index (χ1v) is 11.1. The molecule has 140 valence electrons. The Hall–Kier alpha value is -2.29. The van der Waals surface area contributed by atoms with Crippen LogP contribution in [0.5, 0.6) is 0 Å². The molecule has 6 nitrogen and oxygen atoms in total. The lowest BCUT2D eigenvalue weighted by Gasteiger charge is -2.25. The molecule has 1 aliphatic rings. The maximum absolute atomic E-state index is 13.0. The number of thiophene rings is 1. The van der Waals surface area contributed by atoms with Crippen LogP contribution in [0, 0.1) is 0 Å². The van der Waals surface area contributed by atoms with Crippen LogP contribution in [0.2, 0.25) is 0 Å². The van der Waals surface area contributed by atoms with Crippen LogP contribution in [-0.4, -0.2) is 36.0 Å². The normalized spacial score (nSPS) is 15.7. The lowest BCUT2D eigenvalue weighted by molar-refractivity contribution is 0.442. The second-order valence-corrected chi connectivity index (χ2v) is 9.29. The van der Waals surface area contributed by atoms with Gasteiger partial charge in [0.1, 0.15) is 4.21 Å². The maximum Gasteiger partial charge on any atom is 0.252 e. The van der Waals surface area contributed by atoms with E-state index in [0.29, 0.717) is 47.5 Å². The molecule has 0 aliphatic carbocycles. The third kappa shape index (κ3) is 3.60. The van der Waals surface area contributed by atoms with Gasteiger partial charge < -0.3 is 4.42 Å². The molecule has 3 heterocycles. The van der Waals surface area contributed by atoms with Crippen molar-refractivity contribution in [1.29, 1.82) is 0 Å². The van der Waals surface area contributed by atoms with E-state index >= 15 is 0 Å². The molecule has 3 aromatic rings. The number of rotatable bonds is 5. The number of aromatic nitrogens is 2. The van der Waals surface area contributed by atoms with Crippen molar-refractivity contribution in [3.8, 4) is 11.5 Å². The summed E-state index contributed by atoms with van der Waals surface area (Å²) in [4.78, 5) is 0. The van der Waals surface area contributed by atoms with Crippen LogP contribution in [0.25, 0.3) is 17.0 Å². The van der Waals surface area contributed by atoms with E-state index in [-0.39, 0.29) is 0 Å². The van der Waals surface area contributed by atoms with Crippen molar-refractivity contribution in [3.63, 3.8) is 0 Å². The standard InChI is InChI=1S/C19H19N3O3S2/c1-2-17-20-21-19(25-17)16-12-18(26-13-16)27(23,24)22-10-8-15(9-11-22)14-6-4-3-5-7-14/h3-8,12-13H,2,9-11H2,1H3. The Labute approximate surface area is 162 Å². The van der Waals surface area contributed by atoms with E-state index in [1.54, 1.807) is 11.4 Å². The molecule has 1 aromatic carbocycles. The Morgan fingerprint density at radius 1 is 1.19 bits per heavy atom.